The van der Waals surface area contributed by atoms with E-state index in [0.29, 0.717) is 25.9 Å². The molecule has 1 fully saturated rings. The average molecular weight is 342 g/mol. The molecule has 0 aliphatic carbocycles. The van der Waals surface area contributed by atoms with Crippen molar-refractivity contribution in [1.29, 1.82) is 0 Å². The Bertz CT molecular complexity index is 522. The highest BCUT2D eigenvalue weighted by Gasteiger charge is 2.31. The molecule has 0 unspecified atom stereocenters. The van der Waals surface area contributed by atoms with Crippen molar-refractivity contribution in [3.8, 4) is 0 Å². The largest absolute Gasteiger partial charge is 0.378 e. The molecule has 0 amide bonds. The van der Waals surface area contributed by atoms with Gasteiger partial charge in [-0.15, -0.1) is 0 Å². The van der Waals surface area contributed by atoms with Gasteiger partial charge in [0.15, 0.2) is 0 Å². The van der Waals surface area contributed by atoms with Crippen molar-refractivity contribution >= 4 is 20.0 Å². The summed E-state index contributed by atoms with van der Waals surface area (Å²) in [4.78, 5) is 0. The van der Waals surface area contributed by atoms with Gasteiger partial charge in [0.25, 0.3) is 0 Å². The third-order valence-electron chi connectivity index (χ3n) is 3.65. The molecule has 1 aliphatic rings. The minimum atomic E-state index is -3.32. The quantitative estimate of drug-likeness (QED) is 0.655. The van der Waals surface area contributed by atoms with Crippen LogP contribution in [-0.4, -0.2) is 76.3 Å². The molecule has 0 radical (unpaired) electrons. The summed E-state index contributed by atoms with van der Waals surface area (Å²) in [5.74, 6) is -0.0300. The molecule has 0 N–H and O–H groups in total. The van der Waals surface area contributed by atoms with Crippen molar-refractivity contribution in [3.63, 3.8) is 0 Å². The molecule has 0 aromatic carbocycles. The maximum absolute atomic E-state index is 12.2. The lowest BCUT2D eigenvalue weighted by molar-refractivity contribution is 0.0904. The van der Waals surface area contributed by atoms with Gasteiger partial charge in [0.05, 0.1) is 24.7 Å². The molecule has 0 aromatic heterocycles. The van der Waals surface area contributed by atoms with Crippen LogP contribution in [0.2, 0.25) is 0 Å². The summed E-state index contributed by atoms with van der Waals surface area (Å²) in [6.07, 6.45) is 2.22. The first-order valence-corrected chi connectivity index (χ1v) is 10.5. The van der Waals surface area contributed by atoms with Gasteiger partial charge >= 0.3 is 0 Å². The van der Waals surface area contributed by atoms with Crippen molar-refractivity contribution in [2.24, 2.45) is 0 Å². The SMILES string of the molecule is CC(C)OCCS(=O)(=O)N1CCC(N(C)S(C)(=O)=O)CC1. The lowest BCUT2D eigenvalue weighted by Crippen LogP contribution is -2.47. The van der Waals surface area contributed by atoms with E-state index in [2.05, 4.69) is 0 Å². The van der Waals surface area contributed by atoms with Crippen molar-refractivity contribution in [3.05, 3.63) is 0 Å². The molecule has 126 valence electrons. The standard InChI is InChI=1S/C12H26N2O5S2/c1-11(2)19-9-10-21(17,18)14-7-5-12(6-8-14)13(3)20(4,15)16/h11-12H,5-10H2,1-4H3. The fourth-order valence-electron chi connectivity index (χ4n) is 2.27. The third-order valence-corrected chi connectivity index (χ3v) is 6.83. The van der Waals surface area contributed by atoms with Crippen LogP contribution in [0.15, 0.2) is 0 Å². The molecule has 0 saturated carbocycles. The van der Waals surface area contributed by atoms with Crippen LogP contribution in [0.4, 0.5) is 0 Å². The van der Waals surface area contributed by atoms with Gasteiger partial charge in [-0.05, 0) is 26.7 Å². The number of hydrogen-bond acceptors (Lipinski definition) is 5. The van der Waals surface area contributed by atoms with E-state index in [4.69, 9.17) is 4.74 Å². The van der Waals surface area contributed by atoms with E-state index in [0.717, 1.165) is 0 Å². The fraction of sp³-hybridized carbons (Fsp3) is 1.00. The number of piperidine rings is 1. The molecule has 7 nitrogen and oxygen atoms in total. The molecule has 0 aromatic rings. The van der Waals surface area contributed by atoms with Crippen LogP contribution in [-0.2, 0) is 24.8 Å². The minimum Gasteiger partial charge on any atom is -0.378 e. The van der Waals surface area contributed by atoms with Gasteiger partial charge in [-0.1, -0.05) is 0 Å². The zero-order chi connectivity index (χ0) is 16.3. The smallest absolute Gasteiger partial charge is 0.216 e. The molecule has 0 atom stereocenters. The zero-order valence-corrected chi connectivity index (χ0v) is 14.8. The normalized spacial score (nSPS) is 19.5. The Morgan fingerprint density at radius 3 is 2.14 bits per heavy atom. The van der Waals surface area contributed by atoms with Crippen molar-refractivity contribution < 1.29 is 21.6 Å². The summed E-state index contributed by atoms with van der Waals surface area (Å²) in [5.41, 5.74) is 0. The number of rotatable bonds is 7. The predicted molar refractivity (Wildman–Crippen MR) is 82.1 cm³/mol. The van der Waals surface area contributed by atoms with Crippen LogP contribution in [0.3, 0.4) is 0 Å². The highest BCUT2D eigenvalue weighted by atomic mass is 32.2. The van der Waals surface area contributed by atoms with E-state index in [1.807, 2.05) is 13.8 Å². The molecular weight excluding hydrogens is 316 g/mol. The number of nitrogens with zero attached hydrogens (tertiary/aromatic N) is 2. The van der Waals surface area contributed by atoms with E-state index in [1.165, 1.54) is 14.9 Å². The molecule has 1 heterocycles. The first-order valence-electron chi connectivity index (χ1n) is 7.06. The number of sulfonamides is 2. The summed E-state index contributed by atoms with van der Waals surface area (Å²) >= 11 is 0. The molecule has 1 aliphatic heterocycles. The van der Waals surface area contributed by atoms with Crippen LogP contribution < -0.4 is 0 Å². The molecule has 9 heteroatoms. The Morgan fingerprint density at radius 1 is 1.19 bits per heavy atom. The van der Waals surface area contributed by atoms with Crippen molar-refractivity contribution in [1.82, 2.24) is 8.61 Å². The Kier molecular flexibility index (Phi) is 6.60. The van der Waals surface area contributed by atoms with Gasteiger partial charge in [0.1, 0.15) is 0 Å². The maximum atomic E-state index is 12.2. The lowest BCUT2D eigenvalue weighted by Gasteiger charge is -2.35. The van der Waals surface area contributed by atoms with Gasteiger partial charge < -0.3 is 4.74 Å². The Labute approximate surface area is 128 Å². The predicted octanol–water partition coefficient (Wildman–Crippen LogP) is 0.0970. The highest BCUT2D eigenvalue weighted by Crippen LogP contribution is 2.19. The van der Waals surface area contributed by atoms with E-state index < -0.39 is 20.0 Å². The van der Waals surface area contributed by atoms with Crippen molar-refractivity contribution in [2.75, 3.05) is 38.8 Å². The van der Waals surface area contributed by atoms with Crippen LogP contribution in [0.1, 0.15) is 26.7 Å². The van der Waals surface area contributed by atoms with E-state index in [1.54, 1.807) is 7.05 Å². The van der Waals surface area contributed by atoms with Gasteiger partial charge in [0.2, 0.25) is 20.0 Å². The summed E-state index contributed by atoms with van der Waals surface area (Å²) < 4.78 is 55.3. The van der Waals surface area contributed by atoms with Crippen LogP contribution in [0.5, 0.6) is 0 Å². The molecule has 1 rings (SSSR count). The second kappa shape index (κ2) is 7.36. The van der Waals surface area contributed by atoms with Crippen molar-refractivity contribution in [2.45, 2.75) is 38.8 Å². The molecule has 21 heavy (non-hydrogen) atoms. The van der Waals surface area contributed by atoms with Gasteiger partial charge in [-0.3, -0.25) is 0 Å². The van der Waals surface area contributed by atoms with Crippen LogP contribution >= 0.6 is 0 Å². The fourth-order valence-corrected chi connectivity index (χ4v) is 4.36. The molecular formula is C12H26N2O5S2. The summed E-state index contributed by atoms with van der Waals surface area (Å²) in [5, 5.41) is 0. The van der Waals surface area contributed by atoms with Crippen LogP contribution in [0.25, 0.3) is 0 Å². The monoisotopic (exact) mass is 342 g/mol. The van der Waals surface area contributed by atoms with Gasteiger partial charge in [0, 0.05) is 26.2 Å². The second-order valence-electron chi connectivity index (χ2n) is 5.64. The molecule has 0 spiro atoms. The Hall–Kier alpha value is -0.220. The number of ether oxygens (including phenoxy) is 1. The maximum Gasteiger partial charge on any atom is 0.216 e. The van der Waals surface area contributed by atoms with E-state index in [-0.39, 0.29) is 24.5 Å². The van der Waals surface area contributed by atoms with E-state index in [9.17, 15) is 16.8 Å². The van der Waals surface area contributed by atoms with E-state index >= 15 is 0 Å². The second-order valence-corrected chi connectivity index (χ2v) is 9.78. The van der Waals surface area contributed by atoms with Crippen LogP contribution in [0, 0.1) is 0 Å². The first-order chi connectivity index (χ1) is 9.54. The molecule has 0 bridgehead atoms. The topological polar surface area (TPSA) is 84.0 Å². The summed E-state index contributed by atoms with van der Waals surface area (Å²) in [7, 11) is -5.01. The van der Waals surface area contributed by atoms with Gasteiger partial charge in [-0.2, -0.15) is 0 Å². The first kappa shape index (κ1) is 18.8. The zero-order valence-electron chi connectivity index (χ0n) is 13.1. The molecule has 1 saturated heterocycles. The highest BCUT2D eigenvalue weighted by molar-refractivity contribution is 7.89. The summed E-state index contributed by atoms with van der Waals surface area (Å²) in [6.45, 7) is 4.62. The Balaban J connectivity index is 2.52. The Morgan fingerprint density at radius 2 is 1.71 bits per heavy atom. The number of hydrogen-bond donors (Lipinski definition) is 0. The third kappa shape index (κ3) is 5.82. The average Bonchev–Trinajstić information content (AvgIpc) is 2.36. The summed E-state index contributed by atoms with van der Waals surface area (Å²) in [6, 6.07) is -0.127. The minimum absolute atomic E-state index is 0.00865. The van der Waals surface area contributed by atoms with Gasteiger partial charge in [-0.25, -0.2) is 25.4 Å². The lowest BCUT2D eigenvalue weighted by atomic mass is 10.1.